The van der Waals surface area contributed by atoms with E-state index in [0.717, 1.165) is 15.6 Å². The quantitative estimate of drug-likeness (QED) is 0.602. The summed E-state index contributed by atoms with van der Waals surface area (Å²) in [6.07, 6.45) is 1.91. The van der Waals surface area contributed by atoms with Crippen molar-refractivity contribution in [3.63, 3.8) is 0 Å². The van der Waals surface area contributed by atoms with Crippen LogP contribution in [0.25, 0.3) is 0 Å². The summed E-state index contributed by atoms with van der Waals surface area (Å²) in [6.45, 7) is 2.00. The predicted octanol–water partition coefficient (Wildman–Crippen LogP) is 1.01. The number of carbonyl (C=O) groups excluding carboxylic acids is 2. The lowest BCUT2D eigenvalue weighted by Crippen LogP contribution is -2.35. The lowest BCUT2D eigenvalue weighted by Gasteiger charge is -2.19. The first-order valence-corrected chi connectivity index (χ1v) is 4.77. The number of carbonyl (C=O) groups is 2. The van der Waals surface area contributed by atoms with Crippen LogP contribution in [-0.2, 0) is 9.59 Å². The minimum absolute atomic E-state index is 0.113. The molecule has 1 aliphatic rings. The number of nitrogens with zero attached hydrogens (tertiary/aromatic N) is 1. The van der Waals surface area contributed by atoms with E-state index in [9.17, 15) is 9.59 Å². The molecule has 4 heteroatoms. The summed E-state index contributed by atoms with van der Waals surface area (Å²) in [4.78, 5) is 24.3. The summed E-state index contributed by atoms with van der Waals surface area (Å²) >= 11 is 1.55. The molecule has 0 saturated heterocycles. The van der Waals surface area contributed by atoms with E-state index in [2.05, 4.69) is 0 Å². The summed E-state index contributed by atoms with van der Waals surface area (Å²) in [5.41, 5.74) is 0. The number of hydrogen-bond acceptors (Lipinski definition) is 3. The number of hydrogen-bond donors (Lipinski definition) is 0. The third-order valence-corrected chi connectivity index (χ3v) is 2.57. The van der Waals surface area contributed by atoms with Gasteiger partial charge in [-0.15, -0.1) is 11.8 Å². The van der Waals surface area contributed by atoms with E-state index in [4.69, 9.17) is 0 Å². The van der Waals surface area contributed by atoms with Crippen LogP contribution in [0.3, 0.4) is 0 Å². The first-order valence-electron chi connectivity index (χ1n) is 3.79. The maximum Gasteiger partial charge on any atom is 0.253 e. The second-order valence-electron chi connectivity index (χ2n) is 2.51. The van der Waals surface area contributed by atoms with Crippen LogP contribution in [0.2, 0.25) is 0 Å². The van der Waals surface area contributed by atoms with Gasteiger partial charge in [0.1, 0.15) is 0 Å². The third-order valence-electron chi connectivity index (χ3n) is 1.64. The van der Waals surface area contributed by atoms with Crippen molar-refractivity contribution in [3.05, 3.63) is 11.0 Å². The highest BCUT2D eigenvalue weighted by Crippen LogP contribution is 2.23. The molecule has 0 aliphatic carbocycles. The van der Waals surface area contributed by atoms with Gasteiger partial charge in [-0.05, 0) is 10.7 Å². The summed E-state index contributed by atoms with van der Waals surface area (Å²) in [5, 5.41) is 0. The van der Waals surface area contributed by atoms with Crippen molar-refractivity contribution in [2.45, 2.75) is 13.3 Å². The van der Waals surface area contributed by atoms with Gasteiger partial charge >= 0.3 is 0 Å². The van der Waals surface area contributed by atoms with E-state index < -0.39 is 0 Å². The predicted molar refractivity (Wildman–Crippen MR) is 48.6 cm³/mol. The number of rotatable bonds is 2. The van der Waals surface area contributed by atoms with Crippen molar-refractivity contribution in [2.24, 2.45) is 0 Å². The average Bonchev–Trinajstić information content (AvgIpc) is 2.01. The number of amides is 2. The van der Waals surface area contributed by atoms with E-state index in [0.29, 0.717) is 6.42 Å². The second kappa shape index (κ2) is 3.76. The van der Waals surface area contributed by atoms with Crippen molar-refractivity contribution in [2.75, 3.05) is 12.8 Å². The maximum atomic E-state index is 11.1. The Kier molecular flexibility index (Phi) is 2.92. The van der Waals surface area contributed by atoms with Gasteiger partial charge in [0.2, 0.25) is 5.91 Å². The van der Waals surface area contributed by atoms with Gasteiger partial charge in [0.25, 0.3) is 5.91 Å². The lowest BCUT2D eigenvalue weighted by molar-refractivity contribution is -0.140. The molecular weight excluding hydrogens is 174 g/mol. The Labute approximate surface area is 75.8 Å². The SMILES string of the molecule is CCSC1=CC(=O)N(C)C(=O)C1. The molecule has 1 heterocycles. The molecule has 0 aromatic rings. The zero-order valence-corrected chi connectivity index (χ0v) is 7.98. The van der Waals surface area contributed by atoms with Gasteiger partial charge in [0.05, 0.1) is 6.42 Å². The Bertz CT molecular complexity index is 247. The fourth-order valence-electron chi connectivity index (χ4n) is 0.954. The lowest BCUT2D eigenvalue weighted by atomic mass is 10.2. The molecule has 0 unspecified atom stereocenters. The normalized spacial score (nSPS) is 18.2. The van der Waals surface area contributed by atoms with Crippen LogP contribution in [0.1, 0.15) is 13.3 Å². The standard InChI is InChI=1S/C8H11NO2S/c1-3-12-6-4-7(10)9(2)8(11)5-6/h4H,3,5H2,1-2H3. The van der Waals surface area contributed by atoms with E-state index in [1.165, 1.54) is 13.1 Å². The molecule has 0 bridgehead atoms. The molecule has 0 atom stereocenters. The monoisotopic (exact) mass is 185 g/mol. The molecule has 1 rings (SSSR count). The van der Waals surface area contributed by atoms with Crippen LogP contribution in [0.4, 0.5) is 0 Å². The van der Waals surface area contributed by atoms with Gasteiger partial charge in [-0.1, -0.05) is 6.92 Å². The molecule has 0 aromatic carbocycles. The first-order chi connectivity index (χ1) is 5.65. The third kappa shape index (κ3) is 1.88. The molecule has 0 fully saturated rings. The van der Waals surface area contributed by atoms with Gasteiger partial charge in [-0.3, -0.25) is 14.5 Å². The molecule has 0 spiro atoms. The molecule has 2 amide bonds. The molecule has 12 heavy (non-hydrogen) atoms. The Balaban J connectivity index is 2.74. The summed E-state index contributed by atoms with van der Waals surface area (Å²) in [5.74, 6) is 0.580. The molecule has 0 radical (unpaired) electrons. The fourth-order valence-corrected chi connectivity index (χ4v) is 1.73. The van der Waals surface area contributed by atoms with Crippen LogP contribution in [0.5, 0.6) is 0 Å². The minimum atomic E-state index is -0.206. The smallest absolute Gasteiger partial charge is 0.253 e. The van der Waals surface area contributed by atoms with E-state index >= 15 is 0 Å². The Morgan fingerprint density at radius 1 is 1.58 bits per heavy atom. The molecular formula is C8H11NO2S. The van der Waals surface area contributed by atoms with Crippen molar-refractivity contribution in [1.29, 1.82) is 0 Å². The molecule has 1 aliphatic heterocycles. The van der Waals surface area contributed by atoms with Crippen LogP contribution >= 0.6 is 11.8 Å². The van der Waals surface area contributed by atoms with Crippen LogP contribution in [0, 0.1) is 0 Å². The molecule has 0 saturated carbocycles. The topological polar surface area (TPSA) is 37.4 Å². The van der Waals surface area contributed by atoms with Gasteiger partial charge in [0, 0.05) is 13.1 Å². The fraction of sp³-hybridized carbons (Fsp3) is 0.500. The maximum absolute atomic E-state index is 11.1. The van der Waals surface area contributed by atoms with E-state index in [1.54, 1.807) is 11.8 Å². The average molecular weight is 185 g/mol. The van der Waals surface area contributed by atoms with Crippen molar-refractivity contribution >= 4 is 23.6 Å². The largest absolute Gasteiger partial charge is 0.282 e. The minimum Gasteiger partial charge on any atom is -0.282 e. The van der Waals surface area contributed by atoms with E-state index in [1.807, 2.05) is 6.92 Å². The van der Waals surface area contributed by atoms with Crippen molar-refractivity contribution in [3.8, 4) is 0 Å². The summed E-state index contributed by atoms with van der Waals surface area (Å²) < 4.78 is 0. The van der Waals surface area contributed by atoms with Gasteiger partial charge < -0.3 is 0 Å². The molecule has 3 nitrogen and oxygen atoms in total. The zero-order valence-electron chi connectivity index (χ0n) is 7.16. The van der Waals surface area contributed by atoms with Crippen LogP contribution in [-0.4, -0.2) is 29.5 Å². The zero-order chi connectivity index (χ0) is 9.14. The highest BCUT2D eigenvalue weighted by molar-refractivity contribution is 8.03. The van der Waals surface area contributed by atoms with Gasteiger partial charge in [-0.2, -0.15) is 0 Å². The Hall–Kier alpha value is -0.770. The van der Waals surface area contributed by atoms with Gasteiger partial charge in [-0.25, -0.2) is 0 Å². The number of thioether (sulfide) groups is 1. The van der Waals surface area contributed by atoms with E-state index in [-0.39, 0.29) is 11.8 Å². The first kappa shape index (κ1) is 9.32. The molecule has 0 aromatic heterocycles. The van der Waals surface area contributed by atoms with Crippen LogP contribution in [0.15, 0.2) is 11.0 Å². The number of likely N-dealkylation sites (N-methyl/N-ethyl adjacent to an activating group) is 1. The van der Waals surface area contributed by atoms with Crippen LogP contribution < -0.4 is 0 Å². The highest BCUT2D eigenvalue weighted by Gasteiger charge is 2.22. The molecule has 0 N–H and O–H groups in total. The second-order valence-corrected chi connectivity index (χ2v) is 3.90. The van der Waals surface area contributed by atoms with Crippen molar-refractivity contribution < 1.29 is 9.59 Å². The van der Waals surface area contributed by atoms with Gasteiger partial charge in [0.15, 0.2) is 0 Å². The Morgan fingerprint density at radius 3 is 2.75 bits per heavy atom. The number of imide groups is 1. The highest BCUT2D eigenvalue weighted by atomic mass is 32.2. The molecule has 66 valence electrons. The Morgan fingerprint density at radius 2 is 2.25 bits per heavy atom. The van der Waals surface area contributed by atoms with Crippen molar-refractivity contribution in [1.82, 2.24) is 4.90 Å². The summed E-state index contributed by atoms with van der Waals surface area (Å²) in [6, 6.07) is 0. The summed E-state index contributed by atoms with van der Waals surface area (Å²) in [7, 11) is 1.51.